The van der Waals surface area contributed by atoms with Crippen molar-refractivity contribution in [2.75, 3.05) is 36.6 Å². The number of hydrogen-bond acceptors (Lipinski definition) is 7. The molecular formula is C28H37N5O2. The molecule has 4 rings (SSSR count). The lowest BCUT2D eigenvalue weighted by atomic mass is 10.2. The van der Waals surface area contributed by atoms with E-state index in [4.69, 9.17) is 9.47 Å². The normalized spacial score (nSPS) is 13.5. The zero-order valence-electron chi connectivity index (χ0n) is 21.1. The van der Waals surface area contributed by atoms with Gasteiger partial charge in [-0.25, -0.2) is 4.98 Å². The van der Waals surface area contributed by atoms with Gasteiger partial charge in [-0.05, 0) is 31.4 Å². The molecule has 0 aliphatic carbocycles. The highest BCUT2D eigenvalue weighted by atomic mass is 16.5. The van der Waals surface area contributed by atoms with E-state index in [1.165, 1.54) is 31.2 Å². The molecule has 1 aliphatic rings. The Bertz CT molecular complexity index is 1030. The first kappa shape index (κ1) is 26.0. The molecule has 35 heavy (non-hydrogen) atoms. The maximum atomic E-state index is 5.93. The summed E-state index contributed by atoms with van der Waals surface area (Å²) in [4.78, 5) is 11.2. The summed E-state index contributed by atoms with van der Waals surface area (Å²) in [5, 5.41) is 4.39. The predicted octanol–water partition coefficient (Wildman–Crippen LogP) is 6.10. The van der Waals surface area contributed by atoms with Crippen molar-refractivity contribution in [2.24, 2.45) is 5.10 Å². The van der Waals surface area contributed by atoms with Gasteiger partial charge >= 0.3 is 0 Å². The zero-order chi connectivity index (χ0) is 24.7. The minimum Gasteiger partial charge on any atom is -0.474 e. The first-order valence-electron chi connectivity index (χ1n) is 12.6. The zero-order valence-corrected chi connectivity index (χ0v) is 21.1. The molecule has 0 amide bonds. The van der Waals surface area contributed by atoms with Gasteiger partial charge in [0, 0.05) is 43.2 Å². The molecule has 0 unspecified atom stereocenters. The van der Waals surface area contributed by atoms with E-state index in [-0.39, 0.29) is 0 Å². The molecule has 186 valence electrons. The van der Waals surface area contributed by atoms with Crippen LogP contribution in [0.3, 0.4) is 0 Å². The van der Waals surface area contributed by atoms with E-state index >= 15 is 0 Å². The quantitative estimate of drug-likeness (QED) is 0.229. The lowest BCUT2D eigenvalue weighted by Gasteiger charge is -2.23. The summed E-state index contributed by atoms with van der Waals surface area (Å²) >= 11 is 0. The Hall–Kier alpha value is -3.61. The van der Waals surface area contributed by atoms with Crippen LogP contribution in [0.5, 0.6) is 11.8 Å². The Balaban J connectivity index is 0.00000167. The van der Waals surface area contributed by atoms with Crippen LogP contribution >= 0.6 is 0 Å². The highest BCUT2D eigenvalue weighted by molar-refractivity contribution is 5.80. The third-order valence-corrected chi connectivity index (χ3v) is 5.41. The van der Waals surface area contributed by atoms with Crippen LogP contribution in [0.2, 0.25) is 0 Å². The smallest absolute Gasteiger partial charge is 0.217 e. The van der Waals surface area contributed by atoms with Crippen LogP contribution < -0.4 is 19.8 Å². The minimum absolute atomic E-state index is 0.374. The summed E-state index contributed by atoms with van der Waals surface area (Å²) in [7, 11) is 0. The molecule has 1 aromatic carbocycles. The number of hydrogen-bond donors (Lipinski definition) is 1. The van der Waals surface area contributed by atoms with E-state index in [0.717, 1.165) is 24.3 Å². The first-order valence-corrected chi connectivity index (χ1v) is 12.6. The van der Waals surface area contributed by atoms with Gasteiger partial charge in [-0.2, -0.15) is 10.1 Å². The standard InChI is InChI=1S/C26H31N5O2.C2H6/c1-21-9-8-10-22(17-21)20-28-30-24-18-23(31-13-6-2-3-7-14-31)19-26(29-24)33-16-15-32-25-11-4-5-12-27-25;1-2/h4-5,8-12,17-20H,2-3,6-7,13-16H2,1H3,(H,29,30);1-2H3/b28-20+;. The van der Waals surface area contributed by atoms with E-state index in [2.05, 4.69) is 44.5 Å². The third-order valence-electron chi connectivity index (χ3n) is 5.41. The van der Waals surface area contributed by atoms with Crippen LogP contribution in [-0.2, 0) is 0 Å². The molecule has 1 aliphatic heterocycles. The van der Waals surface area contributed by atoms with Crippen LogP contribution in [-0.4, -0.2) is 42.5 Å². The van der Waals surface area contributed by atoms with Gasteiger partial charge < -0.3 is 14.4 Å². The Kier molecular flexibility index (Phi) is 10.9. The monoisotopic (exact) mass is 475 g/mol. The molecule has 1 saturated heterocycles. The Morgan fingerprint density at radius 3 is 2.40 bits per heavy atom. The Labute approximate surface area is 209 Å². The van der Waals surface area contributed by atoms with E-state index in [9.17, 15) is 0 Å². The number of aromatic nitrogens is 2. The molecule has 3 aromatic rings. The highest BCUT2D eigenvalue weighted by Crippen LogP contribution is 2.26. The van der Waals surface area contributed by atoms with E-state index in [1.54, 1.807) is 12.4 Å². The fraction of sp³-hybridized carbons (Fsp3) is 0.393. The first-order chi connectivity index (χ1) is 17.3. The van der Waals surface area contributed by atoms with Crippen molar-refractivity contribution < 1.29 is 9.47 Å². The molecule has 7 nitrogen and oxygen atoms in total. The van der Waals surface area contributed by atoms with Crippen molar-refractivity contribution in [3.05, 3.63) is 71.9 Å². The van der Waals surface area contributed by atoms with Gasteiger partial charge in [-0.1, -0.05) is 62.6 Å². The van der Waals surface area contributed by atoms with Gasteiger partial charge in [-0.3, -0.25) is 5.43 Å². The molecule has 0 saturated carbocycles. The molecular weight excluding hydrogens is 438 g/mol. The largest absolute Gasteiger partial charge is 0.474 e. The van der Waals surface area contributed by atoms with Crippen LogP contribution in [0.25, 0.3) is 0 Å². The van der Waals surface area contributed by atoms with Gasteiger partial charge in [0.15, 0.2) is 5.82 Å². The summed E-state index contributed by atoms with van der Waals surface area (Å²) in [5.74, 6) is 1.79. The highest BCUT2D eigenvalue weighted by Gasteiger charge is 2.13. The van der Waals surface area contributed by atoms with Crippen molar-refractivity contribution in [1.29, 1.82) is 0 Å². The molecule has 0 bridgehead atoms. The molecule has 1 fully saturated rings. The number of aryl methyl sites for hydroxylation is 1. The fourth-order valence-corrected chi connectivity index (χ4v) is 3.78. The van der Waals surface area contributed by atoms with Crippen LogP contribution in [0, 0.1) is 6.92 Å². The van der Waals surface area contributed by atoms with Crippen molar-refractivity contribution in [3.8, 4) is 11.8 Å². The summed E-state index contributed by atoms with van der Waals surface area (Å²) in [6, 6.07) is 17.8. The van der Waals surface area contributed by atoms with E-state index < -0.39 is 0 Å². The average molecular weight is 476 g/mol. The summed E-state index contributed by atoms with van der Waals surface area (Å²) in [6.45, 7) is 8.91. The summed E-state index contributed by atoms with van der Waals surface area (Å²) in [6.07, 6.45) is 8.46. The maximum absolute atomic E-state index is 5.93. The molecule has 0 atom stereocenters. The lowest BCUT2D eigenvalue weighted by Crippen LogP contribution is -2.24. The molecule has 3 heterocycles. The maximum Gasteiger partial charge on any atom is 0.217 e. The van der Waals surface area contributed by atoms with E-state index in [0.29, 0.717) is 30.8 Å². The minimum atomic E-state index is 0.374. The topological polar surface area (TPSA) is 71.9 Å². The summed E-state index contributed by atoms with van der Waals surface area (Å²) < 4.78 is 11.6. The summed E-state index contributed by atoms with van der Waals surface area (Å²) in [5.41, 5.74) is 6.41. The molecule has 0 spiro atoms. The Morgan fingerprint density at radius 2 is 1.69 bits per heavy atom. The van der Waals surface area contributed by atoms with Gasteiger partial charge in [0.25, 0.3) is 0 Å². The number of nitrogens with zero attached hydrogens (tertiary/aromatic N) is 4. The van der Waals surface area contributed by atoms with Gasteiger partial charge in [0.05, 0.1) is 6.21 Å². The van der Waals surface area contributed by atoms with Crippen molar-refractivity contribution in [3.63, 3.8) is 0 Å². The number of rotatable bonds is 9. The average Bonchev–Trinajstić information content (AvgIpc) is 3.18. The second kappa shape index (κ2) is 14.6. The number of hydrazone groups is 1. The van der Waals surface area contributed by atoms with Crippen molar-refractivity contribution in [2.45, 2.75) is 46.5 Å². The second-order valence-electron chi connectivity index (χ2n) is 8.10. The SMILES string of the molecule is CC.Cc1cccc(/C=N/Nc2cc(N3CCCCCC3)cc(OCCOc3ccccn3)n2)c1. The van der Waals surface area contributed by atoms with Crippen LogP contribution in [0.4, 0.5) is 11.5 Å². The second-order valence-corrected chi connectivity index (χ2v) is 8.10. The van der Waals surface area contributed by atoms with E-state index in [1.807, 2.05) is 56.3 Å². The van der Waals surface area contributed by atoms with Crippen LogP contribution in [0.15, 0.2) is 65.9 Å². The third kappa shape index (κ3) is 8.92. The fourth-order valence-electron chi connectivity index (χ4n) is 3.78. The molecule has 2 aromatic heterocycles. The van der Waals surface area contributed by atoms with Crippen molar-refractivity contribution in [1.82, 2.24) is 9.97 Å². The van der Waals surface area contributed by atoms with Gasteiger partial charge in [0.2, 0.25) is 11.8 Å². The number of ether oxygens (including phenoxy) is 2. The molecule has 0 radical (unpaired) electrons. The molecule has 7 heteroatoms. The van der Waals surface area contributed by atoms with Gasteiger partial charge in [-0.15, -0.1) is 0 Å². The number of pyridine rings is 2. The van der Waals surface area contributed by atoms with Crippen LogP contribution in [0.1, 0.15) is 50.7 Å². The lowest BCUT2D eigenvalue weighted by molar-refractivity contribution is 0.207. The Morgan fingerprint density at radius 1 is 0.914 bits per heavy atom. The van der Waals surface area contributed by atoms with Crippen molar-refractivity contribution >= 4 is 17.7 Å². The number of nitrogens with one attached hydrogen (secondary N) is 1. The number of benzene rings is 1. The number of anilines is 2. The molecule has 1 N–H and O–H groups in total. The van der Waals surface area contributed by atoms with Gasteiger partial charge in [0.1, 0.15) is 13.2 Å². The predicted molar refractivity (Wildman–Crippen MR) is 144 cm³/mol.